The molecule has 2 rings (SSSR count). The summed E-state index contributed by atoms with van der Waals surface area (Å²) in [7, 11) is 0. The summed E-state index contributed by atoms with van der Waals surface area (Å²) < 4.78 is 5.98. The predicted octanol–water partition coefficient (Wildman–Crippen LogP) is 4.20. The fourth-order valence-corrected chi connectivity index (χ4v) is 2.06. The lowest BCUT2D eigenvalue weighted by Crippen LogP contribution is -2.09. The van der Waals surface area contributed by atoms with Crippen LogP contribution in [0.15, 0.2) is 48.6 Å². The highest BCUT2D eigenvalue weighted by Gasteiger charge is 2.12. The Morgan fingerprint density at radius 2 is 2.00 bits per heavy atom. The molecule has 0 spiro atoms. The number of benzene rings is 2. The van der Waals surface area contributed by atoms with Crippen LogP contribution in [0.5, 0.6) is 5.75 Å². The van der Waals surface area contributed by atoms with Gasteiger partial charge in [0.1, 0.15) is 12.4 Å². The van der Waals surface area contributed by atoms with Crippen LogP contribution in [0, 0.1) is 0 Å². The quantitative estimate of drug-likeness (QED) is 0.812. The topological polar surface area (TPSA) is 35.2 Å². The zero-order valence-corrected chi connectivity index (χ0v) is 11.6. The molecule has 0 aliphatic rings. The number of hydrogen-bond donors (Lipinski definition) is 1. The maximum atomic E-state index is 6.04. The second kappa shape index (κ2) is 5.89. The van der Waals surface area contributed by atoms with E-state index in [0.29, 0.717) is 6.61 Å². The highest BCUT2D eigenvalue weighted by atomic mass is 16.5. The molecule has 0 heterocycles. The van der Waals surface area contributed by atoms with Gasteiger partial charge in [0.15, 0.2) is 0 Å². The van der Waals surface area contributed by atoms with Gasteiger partial charge in [-0.3, -0.25) is 0 Å². The number of hydrogen-bond acceptors (Lipinski definition) is 2. The van der Waals surface area contributed by atoms with Gasteiger partial charge < -0.3 is 10.5 Å². The first-order valence-electron chi connectivity index (χ1n) is 6.70. The van der Waals surface area contributed by atoms with Gasteiger partial charge in [-0.05, 0) is 24.3 Å². The molecular formula is C17H21NO. The molecule has 2 nitrogen and oxygen atoms in total. The molecular weight excluding hydrogens is 234 g/mol. The maximum Gasteiger partial charge on any atom is 0.132 e. The third kappa shape index (κ3) is 2.96. The lowest BCUT2D eigenvalue weighted by Gasteiger charge is -2.17. The molecule has 1 atom stereocenters. The standard InChI is InChI=1S/C17H21NO/c1-4-12(2)11-19-17-15(13(3)18)10-9-14-7-5-6-8-16(14)17/h5-10,13H,2,4,11,18H2,1,3H3. The van der Waals surface area contributed by atoms with Crippen LogP contribution in [0.1, 0.15) is 31.9 Å². The van der Waals surface area contributed by atoms with Crippen molar-refractivity contribution in [1.29, 1.82) is 0 Å². The molecule has 2 aromatic carbocycles. The van der Waals surface area contributed by atoms with Crippen LogP contribution in [0.2, 0.25) is 0 Å². The van der Waals surface area contributed by atoms with E-state index >= 15 is 0 Å². The molecule has 0 saturated heterocycles. The van der Waals surface area contributed by atoms with Crippen LogP contribution in [-0.4, -0.2) is 6.61 Å². The fraction of sp³-hybridized carbons (Fsp3) is 0.294. The van der Waals surface area contributed by atoms with Crippen LogP contribution in [0.4, 0.5) is 0 Å². The normalized spacial score (nSPS) is 12.4. The molecule has 0 fully saturated rings. The summed E-state index contributed by atoms with van der Waals surface area (Å²) in [5.74, 6) is 0.891. The molecule has 2 aromatic rings. The van der Waals surface area contributed by atoms with Crippen molar-refractivity contribution in [3.8, 4) is 5.75 Å². The Kier molecular flexibility index (Phi) is 4.23. The first kappa shape index (κ1) is 13.6. The van der Waals surface area contributed by atoms with Crippen molar-refractivity contribution >= 4 is 10.8 Å². The van der Waals surface area contributed by atoms with Crippen molar-refractivity contribution in [2.24, 2.45) is 5.73 Å². The maximum absolute atomic E-state index is 6.04. The molecule has 0 bridgehead atoms. The minimum absolute atomic E-state index is 0.0468. The minimum atomic E-state index is -0.0468. The zero-order valence-electron chi connectivity index (χ0n) is 11.6. The smallest absolute Gasteiger partial charge is 0.132 e. The van der Waals surface area contributed by atoms with Crippen LogP contribution in [-0.2, 0) is 0 Å². The van der Waals surface area contributed by atoms with Gasteiger partial charge in [0.2, 0.25) is 0 Å². The molecule has 0 aliphatic carbocycles. The van der Waals surface area contributed by atoms with E-state index in [4.69, 9.17) is 10.5 Å². The third-order valence-corrected chi connectivity index (χ3v) is 3.32. The summed E-state index contributed by atoms with van der Waals surface area (Å²) >= 11 is 0. The molecule has 19 heavy (non-hydrogen) atoms. The summed E-state index contributed by atoms with van der Waals surface area (Å²) in [5.41, 5.74) is 8.17. The van der Waals surface area contributed by atoms with Crippen LogP contribution in [0.3, 0.4) is 0 Å². The van der Waals surface area contributed by atoms with Gasteiger partial charge >= 0.3 is 0 Å². The fourth-order valence-electron chi connectivity index (χ4n) is 2.06. The first-order chi connectivity index (χ1) is 9.13. The van der Waals surface area contributed by atoms with Gasteiger partial charge in [-0.1, -0.05) is 49.9 Å². The van der Waals surface area contributed by atoms with E-state index in [1.807, 2.05) is 19.1 Å². The summed E-state index contributed by atoms with van der Waals surface area (Å²) in [5, 5.41) is 2.28. The Morgan fingerprint density at radius 1 is 1.26 bits per heavy atom. The van der Waals surface area contributed by atoms with Crippen molar-refractivity contribution in [2.75, 3.05) is 6.61 Å². The third-order valence-electron chi connectivity index (χ3n) is 3.32. The van der Waals surface area contributed by atoms with Gasteiger partial charge in [0, 0.05) is 17.0 Å². The second-order valence-corrected chi connectivity index (χ2v) is 4.89. The van der Waals surface area contributed by atoms with E-state index in [1.54, 1.807) is 0 Å². The van der Waals surface area contributed by atoms with Crippen molar-refractivity contribution in [2.45, 2.75) is 26.3 Å². The van der Waals surface area contributed by atoms with Crippen LogP contribution < -0.4 is 10.5 Å². The SMILES string of the molecule is C=C(CC)COc1c(C(C)N)ccc2ccccc12. The highest BCUT2D eigenvalue weighted by molar-refractivity contribution is 5.89. The van der Waals surface area contributed by atoms with E-state index in [2.05, 4.69) is 37.8 Å². The van der Waals surface area contributed by atoms with E-state index in [-0.39, 0.29) is 6.04 Å². The average molecular weight is 255 g/mol. The molecule has 0 radical (unpaired) electrons. The average Bonchev–Trinajstić information content (AvgIpc) is 2.43. The monoisotopic (exact) mass is 255 g/mol. The highest BCUT2D eigenvalue weighted by Crippen LogP contribution is 2.33. The van der Waals surface area contributed by atoms with Gasteiger partial charge in [0.25, 0.3) is 0 Å². The molecule has 0 aromatic heterocycles. The Hall–Kier alpha value is -1.80. The number of fused-ring (bicyclic) bond motifs is 1. The molecule has 2 heteroatoms. The van der Waals surface area contributed by atoms with Gasteiger partial charge in [-0.2, -0.15) is 0 Å². The van der Waals surface area contributed by atoms with Crippen molar-refractivity contribution in [3.63, 3.8) is 0 Å². The summed E-state index contributed by atoms with van der Waals surface area (Å²) in [6, 6.07) is 12.3. The Bertz CT molecular complexity index is 587. The lowest BCUT2D eigenvalue weighted by atomic mass is 10.0. The molecule has 1 unspecified atom stereocenters. The van der Waals surface area contributed by atoms with E-state index in [1.165, 1.54) is 5.39 Å². The molecule has 0 saturated carbocycles. The zero-order chi connectivity index (χ0) is 13.8. The number of nitrogens with two attached hydrogens (primary N) is 1. The van der Waals surface area contributed by atoms with Crippen molar-refractivity contribution < 1.29 is 4.74 Å². The van der Waals surface area contributed by atoms with Crippen LogP contribution >= 0.6 is 0 Å². The molecule has 100 valence electrons. The minimum Gasteiger partial charge on any atom is -0.488 e. The van der Waals surface area contributed by atoms with Crippen molar-refractivity contribution in [3.05, 3.63) is 54.1 Å². The molecule has 0 aliphatic heterocycles. The number of rotatable bonds is 5. The summed E-state index contributed by atoms with van der Waals surface area (Å²) in [4.78, 5) is 0. The molecule has 0 amide bonds. The van der Waals surface area contributed by atoms with E-state index in [0.717, 1.165) is 28.7 Å². The predicted molar refractivity (Wildman–Crippen MR) is 81.5 cm³/mol. The Labute approximate surface area is 114 Å². The van der Waals surface area contributed by atoms with E-state index < -0.39 is 0 Å². The van der Waals surface area contributed by atoms with Crippen LogP contribution in [0.25, 0.3) is 10.8 Å². The molecule has 2 N–H and O–H groups in total. The summed E-state index contributed by atoms with van der Waals surface area (Å²) in [6.07, 6.45) is 0.929. The Morgan fingerprint density at radius 3 is 2.68 bits per heavy atom. The summed E-state index contributed by atoms with van der Waals surface area (Å²) in [6.45, 7) is 8.59. The van der Waals surface area contributed by atoms with Gasteiger partial charge in [-0.25, -0.2) is 0 Å². The number of ether oxygens (including phenoxy) is 1. The first-order valence-corrected chi connectivity index (χ1v) is 6.70. The second-order valence-electron chi connectivity index (χ2n) is 4.89. The van der Waals surface area contributed by atoms with E-state index in [9.17, 15) is 0 Å². The van der Waals surface area contributed by atoms with Gasteiger partial charge in [0.05, 0.1) is 0 Å². The van der Waals surface area contributed by atoms with Gasteiger partial charge in [-0.15, -0.1) is 0 Å². The lowest BCUT2D eigenvalue weighted by molar-refractivity contribution is 0.348. The largest absolute Gasteiger partial charge is 0.488 e. The van der Waals surface area contributed by atoms with Crippen molar-refractivity contribution in [1.82, 2.24) is 0 Å². The Balaban J connectivity index is 2.46.